The molecule has 0 aliphatic carbocycles. The molecular weight excluding hydrogens is 122 g/mol. The molecule has 1 atom stereocenters. The monoisotopic (exact) mass is 129 g/mol. The quantitative estimate of drug-likeness (QED) is 0.397. The first-order valence-corrected chi connectivity index (χ1v) is 2.54. The van der Waals surface area contributed by atoms with Gasteiger partial charge in [0.1, 0.15) is 0 Å². The smallest absolute Gasteiger partial charge is 0.206 e. The predicted octanol–water partition coefficient (Wildman–Crippen LogP) is -1.65. The zero-order chi connectivity index (χ0) is 6.85. The van der Waals surface area contributed by atoms with Crippen LogP contribution in [0.3, 0.4) is 0 Å². The minimum absolute atomic E-state index is 0.233. The SMILES string of the molecule is O=C1C=C(CO)NC1O. The molecule has 1 heterocycles. The van der Waals surface area contributed by atoms with Gasteiger partial charge in [-0.2, -0.15) is 0 Å². The van der Waals surface area contributed by atoms with E-state index in [0.717, 1.165) is 0 Å². The van der Waals surface area contributed by atoms with E-state index in [-0.39, 0.29) is 6.61 Å². The van der Waals surface area contributed by atoms with Crippen LogP contribution in [0.2, 0.25) is 0 Å². The van der Waals surface area contributed by atoms with Crippen molar-refractivity contribution in [2.24, 2.45) is 0 Å². The highest BCUT2D eigenvalue weighted by Crippen LogP contribution is 2.00. The average molecular weight is 129 g/mol. The molecule has 0 saturated heterocycles. The second-order valence-electron chi connectivity index (χ2n) is 1.78. The summed E-state index contributed by atoms with van der Waals surface area (Å²) >= 11 is 0. The molecule has 0 spiro atoms. The van der Waals surface area contributed by atoms with Gasteiger partial charge in [-0.3, -0.25) is 4.79 Å². The first-order chi connectivity index (χ1) is 4.24. The first-order valence-electron chi connectivity index (χ1n) is 2.54. The number of hydrogen-bond donors (Lipinski definition) is 3. The van der Waals surface area contributed by atoms with Gasteiger partial charge in [-0.25, -0.2) is 0 Å². The number of hydrogen-bond acceptors (Lipinski definition) is 4. The van der Waals surface area contributed by atoms with E-state index < -0.39 is 12.0 Å². The van der Waals surface area contributed by atoms with Crippen LogP contribution >= 0.6 is 0 Å². The Morgan fingerprint density at radius 2 is 2.44 bits per heavy atom. The van der Waals surface area contributed by atoms with Gasteiger partial charge in [-0.05, 0) is 0 Å². The number of nitrogens with one attached hydrogen (secondary N) is 1. The van der Waals surface area contributed by atoms with E-state index in [9.17, 15) is 4.79 Å². The van der Waals surface area contributed by atoms with Gasteiger partial charge in [0, 0.05) is 11.8 Å². The topological polar surface area (TPSA) is 69.6 Å². The largest absolute Gasteiger partial charge is 0.390 e. The highest BCUT2D eigenvalue weighted by molar-refractivity contribution is 5.96. The molecule has 0 aromatic rings. The van der Waals surface area contributed by atoms with Crippen molar-refractivity contribution in [2.75, 3.05) is 6.61 Å². The lowest BCUT2D eigenvalue weighted by Gasteiger charge is -2.01. The van der Waals surface area contributed by atoms with Crippen molar-refractivity contribution in [1.29, 1.82) is 0 Å². The lowest BCUT2D eigenvalue weighted by molar-refractivity contribution is -0.122. The molecule has 1 aliphatic rings. The zero-order valence-electron chi connectivity index (χ0n) is 4.66. The summed E-state index contributed by atoms with van der Waals surface area (Å²) in [5.41, 5.74) is 0.368. The summed E-state index contributed by atoms with van der Waals surface area (Å²) in [7, 11) is 0. The first kappa shape index (κ1) is 6.25. The van der Waals surface area contributed by atoms with E-state index in [0.29, 0.717) is 5.70 Å². The van der Waals surface area contributed by atoms with Crippen LogP contribution in [0.15, 0.2) is 11.8 Å². The maximum Gasteiger partial charge on any atom is 0.206 e. The molecular formula is C5H7NO3. The van der Waals surface area contributed by atoms with Gasteiger partial charge in [0.2, 0.25) is 5.78 Å². The molecule has 0 bridgehead atoms. The molecule has 50 valence electrons. The summed E-state index contributed by atoms with van der Waals surface area (Å²) < 4.78 is 0. The van der Waals surface area contributed by atoms with Crippen LogP contribution in [0.1, 0.15) is 0 Å². The molecule has 0 amide bonds. The fourth-order valence-electron chi connectivity index (χ4n) is 0.630. The van der Waals surface area contributed by atoms with Gasteiger partial charge in [0.25, 0.3) is 0 Å². The van der Waals surface area contributed by atoms with E-state index in [4.69, 9.17) is 10.2 Å². The predicted molar refractivity (Wildman–Crippen MR) is 29.3 cm³/mol. The van der Waals surface area contributed by atoms with Gasteiger partial charge < -0.3 is 15.5 Å². The van der Waals surface area contributed by atoms with Gasteiger partial charge in [-0.1, -0.05) is 0 Å². The van der Waals surface area contributed by atoms with Gasteiger partial charge in [0.15, 0.2) is 6.23 Å². The van der Waals surface area contributed by atoms with Crippen molar-refractivity contribution in [1.82, 2.24) is 5.32 Å². The molecule has 1 rings (SSSR count). The second kappa shape index (κ2) is 2.16. The minimum Gasteiger partial charge on any atom is -0.390 e. The van der Waals surface area contributed by atoms with Crippen LogP contribution in [-0.4, -0.2) is 28.8 Å². The summed E-state index contributed by atoms with van der Waals surface area (Å²) in [5, 5.41) is 19.5. The van der Waals surface area contributed by atoms with E-state index in [1.165, 1.54) is 6.08 Å². The normalized spacial score (nSPS) is 25.8. The summed E-state index contributed by atoms with van der Waals surface area (Å²) in [4.78, 5) is 10.4. The van der Waals surface area contributed by atoms with Crippen LogP contribution in [-0.2, 0) is 4.79 Å². The molecule has 3 N–H and O–H groups in total. The number of aliphatic hydroxyl groups is 2. The lowest BCUT2D eigenvalue weighted by Crippen LogP contribution is -2.28. The summed E-state index contributed by atoms with van der Waals surface area (Å²) in [6.45, 7) is -0.233. The lowest BCUT2D eigenvalue weighted by atomic mass is 10.4. The molecule has 0 aromatic heterocycles. The number of ketones is 1. The Balaban J connectivity index is 2.62. The van der Waals surface area contributed by atoms with Crippen LogP contribution in [0.4, 0.5) is 0 Å². The maximum atomic E-state index is 10.4. The van der Waals surface area contributed by atoms with Gasteiger partial charge in [-0.15, -0.1) is 0 Å². The molecule has 0 fully saturated rings. The Bertz CT molecular complexity index is 164. The summed E-state index contributed by atoms with van der Waals surface area (Å²) in [6, 6.07) is 0. The molecule has 4 heteroatoms. The van der Waals surface area contributed by atoms with Crippen molar-refractivity contribution in [3.63, 3.8) is 0 Å². The van der Waals surface area contributed by atoms with E-state index >= 15 is 0 Å². The third-order valence-electron chi connectivity index (χ3n) is 1.08. The molecule has 9 heavy (non-hydrogen) atoms. The third kappa shape index (κ3) is 1.09. The summed E-state index contributed by atoms with van der Waals surface area (Å²) in [6.07, 6.45) is 0.0390. The van der Waals surface area contributed by atoms with E-state index in [2.05, 4.69) is 5.32 Å². The zero-order valence-corrected chi connectivity index (χ0v) is 4.66. The second-order valence-corrected chi connectivity index (χ2v) is 1.78. The molecule has 1 aliphatic heterocycles. The Morgan fingerprint density at radius 1 is 1.78 bits per heavy atom. The van der Waals surface area contributed by atoms with Crippen molar-refractivity contribution >= 4 is 5.78 Å². The van der Waals surface area contributed by atoms with Crippen molar-refractivity contribution in [2.45, 2.75) is 6.23 Å². The Labute approximate surface area is 51.8 Å². The third-order valence-corrected chi connectivity index (χ3v) is 1.08. The highest BCUT2D eigenvalue weighted by atomic mass is 16.3. The molecule has 0 radical (unpaired) electrons. The highest BCUT2D eigenvalue weighted by Gasteiger charge is 2.20. The van der Waals surface area contributed by atoms with E-state index in [1.807, 2.05) is 0 Å². The van der Waals surface area contributed by atoms with Crippen LogP contribution in [0, 0.1) is 0 Å². The standard InChI is InChI=1S/C5H7NO3/c7-2-3-1-4(8)5(9)6-3/h1,5-7,9H,2H2. The van der Waals surface area contributed by atoms with Crippen LogP contribution in [0.25, 0.3) is 0 Å². The molecule has 4 nitrogen and oxygen atoms in total. The Morgan fingerprint density at radius 3 is 2.67 bits per heavy atom. The van der Waals surface area contributed by atoms with Gasteiger partial charge in [0.05, 0.1) is 6.61 Å². The molecule has 1 unspecified atom stereocenters. The van der Waals surface area contributed by atoms with Gasteiger partial charge >= 0.3 is 0 Å². The molecule has 0 saturated carbocycles. The summed E-state index contributed by atoms with van der Waals surface area (Å²) in [5.74, 6) is -0.404. The minimum atomic E-state index is -1.15. The molecule has 0 aromatic carbocycles. The van der Waals surface area contributed by atoms with Crippen LogP contribution in [0.5, 0.6) is 0 Å². The fraction of sp³-hybridized carbons (Fsp3) is 0.400. The Hall–Kier alpha value is -0.870. The van der Waals surface area contributed by atoms with E-state index in [1.54, 1.807) is 0 Å². The fourth-order valence-corrected chi connectivity index (χ4v) is 0.630. The number of aliphatic hydroxyl groups excluding tert-OH is 2. The average Bonchev–Trinajstić information content (AvgIpc) is 2.13. The van der Waals surface area contributed by atoms with Crippen molar-refractivity contribution in [3.05, 3.63) is 11.8 Å². The number of carbonyl (C=O) groups is 1. The van der Waals surface area contributed by atoms with Crippen molar-refractivity contribution < 1.29 is 15.0 Å². The number of rotatable bonds is 1. The van der Waals surface area contributed by atoms with Crippen molar-refractivity contribution in [3.8, 4) is 0 Å². The Kier molecular flexibility index (Phi) is 1.50. The van der Waals surface area contributed by atoms with Crippen LogP contribution < -0.4 is 5.32 Å². The number of carbonyl (C=O) groups excluding carboxylic acids is 1. The maximum absolute atomic E-state index is 10.4.